The maximum atomic E-state index is 12.2. The molecule has 3 aromatic carbocycles. The Hall–Kier alpha value is -4.13. The molecular weight excluding hydrogens is 398 g/mol. The van der Waals surface area contributed by atoms with Gasteiger partial charge in [-0.15, -0.1) is 0 Å². The third kappa shape index (κ3) is 6.17. The van der Waals surface area contributed by atoms with Crippen LogP contribution in [0.2, 0.25) is 0 Å². The lowest BCUT2D eigenvalue weighted by atomic mass is 10.2. The van der Waals surface area contributed by atoms with Crippen LogP contribution >= 0.6 is 0 Å². The summed E-state index contributed by atoms with van der Waals surface area (Å²) in [6.07, 6.45) is 0. The highest BCUT2D eigenvalue weighted by molar-refractivity contribution is 6.02. The van der Waals surface area contributed by atoms with Gasteiger partial charge in [-0.05, 0) is 55.5 Å². The summed E-state index contributed by atoms with van der Waals surface area (Å²) >= 11 is 0. The molecule has 0 bridgehead atoms. The molecule has 0 aliphatic carbocycles. The van der Waals surface area contributed by atoms with Crippen molar-refractivity contribution in [3.63, 3.8) is 0 Å². The Morgan fingerprint density at radius 3 is 2.10 bits per heavy atom. The number of carbonyl (C=O) groups is 3. The largest absolute Gasteiger partial charge is 0.462 e. The lowest BCUT2D eigenvalue weighted by molar-refractivity contribution is -0.119. The Balaban J connectivity index is 1.54. The van der Waals surface area contributed by atoms with Gasteiger partial charge in [0.1, 0.15) is 11.5 Å². The second kappa shape index (κ2) is 10.6. The highest BCUT2D eigenvalue weighted by atomic mass is 16.5. The fourth-order valence-corrected chi connectivity index (χ4v) is 2.66. The second-order valence-corrected chi connectivity index (χ2v) is 6.33. The van der Waals surface area contributed by atoms with Crippen molar-refractivity contribution in [3.8, 4) is 11.5 Å². The zero-order valence-corrected chi connectivity index (χ0v) is 16.9. The molecule has 7 heteroatoms. The van der Waals surface area contributed by atoms with Crippen LogP contribution in [0, 0.1) is 0 Å². The molecule has 0 spiro atoms. The van der Waals surface area contributed by atoms with E-state index in [0.717, 1.165) is 0 Å². The van der Waals surface area contributed by atoms with Crippen LogP contribution in [0.1, 0.15) is 27.6 Å². The molecule has 0 unspecified atom stereocenters. The monoisotopic (exact) mass is 419 g/mol. The molecule has 3 rings (SSSR count). The molecule has 158 valence electrons. The molecule has 31 heavy (non-hydrogen) atoms. The molecular formula is C24H21NO6. The van der Waals surface area contributed by atoms with E-state index in [0.29, 0.717) is 11.5 Å². The predicted octanol–water partition coefficient (Wildman–Crippen LogP) is 4.45. The van der Waals surface area contributed by atoms with Crippen molar-refractivity contribution in [2.75, 3.05) is 18.5 Å². The number of rotatable bonds is 8. The molecule has 1 amide bonds. The van der Waals surface area contributed by atoms with E-state index in [-0.39, 0.29) is 23.4 Å². The Morgan fingerprint density at radius 1 is 0.742 bits per heavy atom. The Bertz CT molecular complexity index is 1050. The highest BCUT2D eigenvalue weighted by Crippen LogP contribution is 2.21. The molecule has 0 aliphatic heterocycles. The van der Waals surface area contributed by atoms with Crippen molar-refractivity contribution in [1.29, 1.82) is 0 Å². The van der Waals surface area contributed by atoms with Crippen LogP contribution in [-0.4, -0.2) is 31.1 Å². The predicted molar refractivity (Wildman–Crippen MR) is 114 cm³/mol. The number of nitrogens with one attached hydrogen (secondary N) is 1. The summed E-state index contributed by atoms with van der Waals surface area (Å²) in [5, 5.41) is 2.56. The van der Waals surface area contributed by atoms with Crippen molar-refractivity contribution < 1.29 is 28.6 Å². The first-order valence-corrected chi connectivity index (χ1v) is 9.63. The number of amides is 1. The van der Waals surface area contributed by atoms with Crippen molar-refractivity contribution in [1.82, 2.24) is 0 Å². The van der Waals surface area contributed by atoms with Crippen LogP contribution in [0.4, 0.5) is 5.69 Å². The summed E-state index contributed by atoms with van der Waals surface area (Å²) < 4.78 is 15.7. The van der Waals surface area contributed by atoms with E-state index < -0.39 is 24.5 Å². The quantitative estimate of drug-likeness (QED) is 0.543. The number of carbonyl (C=O) groups excluding carboxylic acids is 3. The smallest absolute Gasteiger partial charge is 0.340 e. The summed E-state index contributed by atoms with van der Waals surface area (Å²) in [6.45, 7) is 1.41. The fourth-order valence-electron chi connectivity index (χ4n) is 2.66. The molecule has 0 fully saturated rings. The first-order chi connectivity index (χ1) is 15.1. The number of esters is 2. The van der Waals surface area contributed by atoms with Gasteiger partial charge in [0.05, 0.1) is 23.4 Å². The van der Waals surface area contributed by atoms with Gasteiger partial charge in [-0.25, -0.2) is 9.59 Å². The average molecular weight is 419 g/mol. The Morgan fingerprint density at radius 2 is 1.39 bits per heavy atom. The molecule has 1 N–H and O–H groups in total. The van der Waals surface area contributed by atoms with Gasteiger partial charge >= 0.3 is 11.9 Å². The zero-order valence-electron chi connectivity index (χ0n) is 16.9. The van der Waals surface area contributed by atoms with Gasteiger partial charge in [-0.3, -0.25) is 4.79 Å². The van der Waals surface area contributed by atoms with Gasteiger partial charge in [0.15, 0.2) is 6.61 Å². The number of hydrogen-bond donors (Lipinski definition) is 1. The Kier molecular flexibility index (Phi) is 7.37. The van der Waals surface area contributed by atoms with Crippen molar-refractivity contribution in [2.24, 2.45) is 0 Å². The van der Waals surface area contributed by atoms with Crippen LogP contribution in [0.3, 0.4) is 0 Å². The van der Waals surface area contributed by atoms with Crippen LogP contribution in [-0.2, 0) is 14.3 Å². The number of anilines is 1. The van der Waals surface area contributed by atoms with Crippen LogP contribution < -0.4 is 10.1 Å². The minimum Gasteiger partial charge on any atom is -0.462 e. The topological polar surface area (TPSA) is 90.9 Å². The molecule has 3 aromatic rings. The summed E-state index contributed by atoms with van der Waals surface area (Å²) in [5.41, 5.74) is 0.780. The molecule has 0 aromatic heterocycles. The van der Waals surface area contributed by atoms with Crippen LogP contribution in [0.5, 0.6) is 11.5 Å². The first kappa shape index (κ1) is 21.6. The van der Waals surface area contributed by atoms with E-state index in [1.165, 1.54) is 0 Å². The highest BCUT2D eigenvalue weighted by Gasteiger charge is 2.15. The van der Waals surface area contributed by atoms with E-state index in [4.69, 9.17) is 14.2 Å². The maximum Gasteiger partial charge on any atom is 0.340 e. The van der Waals surface area contributed by atoms with Crippen molar-refractivity contribution >= 4 is 23.5 Å². The lowest BCUT2D eigenvalue weighted by Gasteiger charge is -2.11. The van der Waals surface area contributed by atoms with Gasteiger partial charge in [0, 0.05) is 0 Å². The third-order valence-electron chi connectivity index (χ3n) is 4.10. The molecule has 7 nitrogen and oxygen atoms in total. The first-order valence-electron chi connectivity index (χ1n) is 9.63. The molecule has 0 saturated carbocycles. The molecule has 0 radical (unpaired) electrons. The SMILES string of the molecule is CCOC(=O)c1ccccc1NC(=O)COC(=O)c1ccc(Oc2ccccc2)cc1. The number of ether oxygens (including phenoxy) is 3. The summed E-state index contributed by atoms with van der Waals surface area (Å²) in [7, 11) is 0. The average Bonchev–Trinajstić information content (AvgIpc) is 2.79. The van der Waals surface area contributed by atoms with Crippen LogP contribution in [0.25, 0.3) is 0 Å². The minimum absolute atomic E-state index is 0.216. The zero-order chi connectivity index (χ0) is 22.1. The molecule has 0 aliphatic rings. The van der Waals surface area contributed by atoms with E-state index in [1.54, 1.807) is 55.5 Å². The fraction of sp³-hybridized carbons (Fsp3) is 0.125. The second-order valence-electron chi connectivity index (χ2n) is 6.33. The van der Waals surface area contributed by atoms with E-state index in [9.17, 15) is 14.4 Å². The molecule has 0 saturated heterocycles. The van der Waals surface area contributed by atoms with Gasteiger partial charge in [0.2, 0.25) is 0 Å². The normalized spacial score (nSPS) is 10.1. The summed E-state index contributed by atoms with van der Waals surface area (Å²) in [4.78, 5) is 36.4. The van der Waals surface area contributed by atoms with Gasteiger partial charge in [-0.2, -0.15) is 0 Å². The molecule has 0 atom stereocenters. The van der Waals surface area contributed by atoms with E-state index in [2.05, 4.69) is 5.32 Å². The lowest BCUT2D eigenvalue weighted by Crippen LogP contribution is -2.22. The number of para-hydroxylation sites is 2. The minimum atomic E-state index is -0.653. The summed E-state index contributed by atoms with van der Waals surface area (Å²) in [5.74, 6) is -0.531. The number of benzene rings is 3. The number of hydrogen-bond acceptors (Lipinski definition) is 6. The molecule has 0 heterocycles. The van der Waals surface area contributed by atoms with Crippen LogP contribution in [0.15, 0.2) is 78.9 Å². The van der Waals surface area contributed by atoms with Crippen molar-refractivity contribution in [3.05, 3.63) is 90.0 Å². The maximum absolute atomic E-state index is 12.2. The van der Waals surface area contributed by atoms with Gasteiger partial charge in [-0.1, -0.05) is 30.3 Å². The Labute approximate surface area is 179 Å². The van der Waals surface area contributed by atoms with Gasteiger partial charge in [0.25, 0.3) is 5.91 Å². The van der Waals surface area contributed by atoms with Gasteiger partial charge < -0.3 is 19.5 Å². The van der Waals surface area contributed by atoms with E-state index in [1.807, 2.05) is 30.3 Å². The third-order valence-corrected chi connectivity index (χ3v) is 4.10. The standard InChI is InChI=1S/C24H21NO6/c1-2-29-24(28)20-10-6-7-11-21(20)25-22(26)16-30-23(27)17-12-14-19(15-13-17)31-18-8-4-3-5-9-18/h3-15H,2,16H2,1H3,(H,25,26). The van der Waals surface area contributed by atoms with Crippen molar-refractivity contribution in [2.45, 2.75) is 6.92 Å². The summed E-state index contributed by atoms with van der Waals surface area (Å²) in [6, 6.07) is 22.1. The van der Waals surface area contributed by atoms with E-state index >= 15 is 0 Å².